The van der Waals surface area contributed by atoms with Gasteiger partial charge in [-0.25, -0.2) is 4.79 Å². The van der Waals surface area contributed by atoms with Gasteiger partial charge in [-0.15, -0.1) is 10.2 Å². The van der Waals surface area contributed by atoms with Crippen molar-refractivity contribution in [3.8, 4) is 17.4 Å². The minimum absolute atomic E-state index is 0.379. The number of aromatic nitrogens is 2. The summed E-state index contributed by atoms with van der Waals surface area (Å²) in [5.74, 6) is -0.612. The molecule has 0 atom stereocenters. The van der Waals surface area contributed by atoms with E-state index in [9.17, 15) is 19.5 Å². The maximum atomic E-state index is 11.6. The number of hydrogen-bond donors (Lipinski definition) is 3. The Morgan fingerprint density at radius 2 is 2.08 bits per heavy atom. The molecular weight excluding hydrogens is 388 g/mol. The van der Waals surface area contributed by atoms with Crippen LogP contribution in [0.3, 0.4) is 0 Å². The van der Waals surface area contributed by atoms with E-state index >= 15 is 0 Å². The molecule has 1 amide bonds. The van der Waals surface area contributed by atoms with E-state index in [0.29, 0.717) is 16.0 Å². The van der Waals surface area contributed by atoms with Gasteiger partial charge in [0.25, 0.3) is 5.56 Å². The summed E-state index contributed by atoms with van der Waals surface area (Å²) in [4.78, 5) is 37.7. The minimum atomic E-state index is -0.980. The molecule has 0 radical (unpaired) electrons. The molecule has 10 nitrogen and oxygen atoms in total. The van der Waals surface area contributed by atoms with Crippen LogP contribution in [0, 0.1) is 0 Å². The molecule has 126 valence electrons. The number of benzene rings is 1. The SMILES string of the molecule is COc1ccc(OCC(=O)N=Nc2c(O)[nH]c(=O)[nH]c2=O)c(Br)c1. The van der Waals surface area contributed by atoms with Crippen molar-refractivity contribution in [1.29, 1.82) is 0 Å². The van der Waals surface area contributed by atoms with Crippen molar-refractivity contribution in [2.45, 2.75) is 0 Å². The number of halogens is 1. The summed E-state index contributed by atoms with van der Waals surface area (Å²) < 4.78 is 10.9. The Kier molecular flexibility index (Phi) is 5.47. The molecule has 0 fully saturated rings. The fourth-order valence-corrected chi connectivity index (χ4v) is 2.03. The van der Waals surface area contributed by atoms with Crippen LogP contribution in [-0.4, -0.2) is 34.7 Å². The number of H-pyrrole nitrogens is 2. The third kappa shape index (κ3) is 4.29. The highest BCUT2D eigenvalue weighted by atomic mass is 79.9. The van der Waals surface area contributed by atoms with Gasteiger partial charge in [-0.3, -0.25) is 19.6 Å². The molecule has 11 heteroatoms. The van der Waals surface area contributed by atoms with Gasteiger partial charge < -0.3 is 14.6 Å². The highest BCUT2D eigenvalue weighted by Gasteiger charge is 2.10. The molecule has 0 saturated carbocycles. The number of aromatic amines is 2. The first-order valence-electron chi connectivity index (χ1n) is 6.37. The van der Waals surface area contributed by atoms with Crippen LogP contribution in [0.5, 0.6) is 17.4 Å². The largest absolute Gasteiger partial charge is 0.497 e. The highest BCUT2D eigenvalue weighted by molar-refractivity contribution is 9.10. The van der Waals surface area contributed by atoms with Crippen molar-refractivity contribution in [1.82, 2.24) is 9.97 Å². The summed E-state index contributed by atoms with van der Waals surface area (Å²) in [6.45, 7) is -0.448. The van der Waals surface area contributed by atoms with Crippen LogP contribution in [0.25, 0.3) is 0 Å². The Balaban J connectivity index is 2.04. The maximum Gasteiger partial charge on any atom is 0.328 e. The molecule has 24 heavy (non-hydrogen) atoms. The van der Waals surface area contributed by atoms with Gasteiger partial charge in [-0.05, 0) is 34.1 Å². The summed E-state index contributed by atoms with van der Waals surface area (Å²) >= 11 is 3.26. The monoisotopic (exact) mass is 398 g/mol. The summed E-state index contributed by atoms with van der Waals surface area (Å²) in [6.07, 6.45) is 0. The van der Waals surface area contributed by atoms with Crippen LogP contribution >= 0.6 is 15.9 Å². The molecule has 0 spiro atoms. The average Bonchev–Trinajstić information content (AvgIpc) is 2.52. The number of aromatic hydroxyl groups is 1. The van der Waals surface area contributed by atoms with Crippen molar-refractivity contribution < 1.29 is 19.4 Å². The smallest absolute Gasteiger partial charge is 0.328 e. The molecular formula is C13H11BrN4O6. The van der Waals surface area contributed by atoms with E-state index in [-0.39, 0.29) is 0 Å². The van der Waals surface area contributed by atoms with Gasteiger partial charge in [0.2, 0.25) is 11.6 Å². The molecule has 1 heterocycles. The lowest BCUT2D eigenvalue weighted by Crippen LogP contribution is -2.21. The number of azo groups is 1. The predicted octanol–water partition coefficient (Wildman–Crippen LogP) is 1.23. The second kappa shape index (κ2) is 7.55. The number of nitrogens with zero attached hydrogens (tertiary/aromatic N) is 2. The summed E-state index contributed by atoms with van der Waals surface area (Å²) in [7, 11) is 1.51. The molecule has 1 aromatic heterocycles. The fraction of sp³-hybridized carbons (Fsp3) is 0.154. The van der Waals surface area contributed by atoms with E-state index in [1.807, 2.05) is 9.97 Å². The topological polar surface area (TPSA) is 146 Å². The zero-order valence-corrected chi connectivity index (χ0v) is 13.8. The lowest BCUT2D eigenvalue weighted by molar-refractivity contribution is -0.120. The Hall–Kier alpha value is -2.95. The van der Waals surface area contributed by atoms with Crippen molar-refractivity contribution in [3.63, 3.8) is 0 Å². The standard InChI is InChI=1S/C13H11BrN4O6/c1-23-6-2-3-8(7(14)4-6)24-5-9(19)17-18-10-11(20)15-13(22)16-12(10)21/h2-4H,5H2,1H3,(H3,15,16,20,21,22). The Morgan fingerprint density at radius 1 is 1.33 bits per heavy atom. The number of carbonyl (C=O) groups excluding carboxylic acids is 1. The summed E-state index contributed by atoms with van der Waals surface area (Å²) in [6, 6.07) is 4.88. The van der Waals surface area contributed by atoms with Gasteiger partial charge >= 0.3 is 11.6 Å². The second-order valence-electron chi connectivity index (χ2n) is 4.28. The molecule has 2 aromatic rings. The first-order valence-corrected chi connectivity index (χ1v) is 7.16. The van der Waals surface area contributed by atoms with E-state index in [1.54, 1.807) is 18.2 Å². The van der Waals surface area contributed by atoms with Crippen LogP contribution < -0.4 is 20.7 Å². The number of carbonyl (C=O) groups is 1. The Labute approximate surface area is 142 Å². The van der Waals surface area contributed by atoms with E-state index in [2.05, 4.69) is 26.2 Å². The van der Waals surface area contributed by atoms with E-state index in [1.165, 1.54) is 7.11 Å². The van der Waals surface area contributed by atoms with Crippen LogP contribution in [0.4, 0.5) is 5.69 Å². The fourth-order valence-electron chi connectivity index (χ4n) is 1.56. The third-order valence-electron chi connectivity index (χ3n) is 2.65. The number of ether oxygens (including phenoxy) is 2. The van der Waals surface area contributed by atoms with Crippen molar-refractivity contribution >= 4 is 27.5 Å². The lowest BCUT2D eigenvalue weighted by Gasteiger charge is -2.07. The van der Waals surface area contributed by atoms with E-state index in [4.69, 9.17) is 9.47 Å². The van der Waals surface area contributed by atoms with Crippen LogP contribution in [0.2, 0.25) is 0 Å². The van der Waals surface area contributed by atoms with Gasteiger partial charge in [0.1, 0.15) is 11.5 Å². The molecule has 0 aliphatic carbocycles. The van der Waals surface area contributed by atoms with Crippen LogP contribution in [0.1, 0.15) is 0 Å². The number of amides is 1. The lowest BCUT2D eigenvalue weighted by atomic mass is 10.3. The molecule has 0 aliphatic rings. The number of hydrogen-bond acceptors (Lipinski definition) is 7. The Bertz CT molecular complexity index is 904. The molecule has 0 unspecified atom stereocenters. The zero-order valence-electron chi connectivity index (χ0n) is 12.2. The zero-order chi connectivity index (χ0) is 17.7. The summed E-state index contributed by atoms with van der Waals surface area (Å²) in [5, 5.41) is 15.9. The van der Waals surface area contributed by atoms with Gasteiger partial charge in [0.15, 0.2) is 6.61 Å². The van der Waals surface area contributed by atoms with E-state index in [0.717, 1.165) is 0 Å². The van der Waals surface area contributed by atoms with Crippen LogP contribution in [0.15, 0.2) is 42.5 Å². The summed E-state index contributed by atoms with van der Waals surface area (Å²) in [5.41, 5.74) is -2.48. The normalized spacial score (nSPS) is 10.8. The number of methoxy groups -OCH3 is 1. The maximum absolute atomic E-state index is 11.6. The quantitative estimate of drug-likeness (QED) is 0.645. The van der Waals surface area contributed by atoms with Crippen molar-refractivity contribution in [2.75, 3.05) is 13.7 Å². The van der Waals surface area contributed by atoms with E-state index < -0.39 is 35.3 Å². The first-order chi connectivity index (χ1) is 11.4. The molecule has 3 N–H and O–H groups in total. The Morgan fingerprint density at radius 3 is 2.71 bits per heavy atom. The molecule has 2 rings (SSSR count). The average molecular weight is 399 g/mol. The highest BCUT2D eigenvalue weighted by Crippen LogP contribution is 2.29. The minimum Gasteiger partial charge on any atom is -0.497 e. The molecule has 0 aliphatic heterocycles. The first kappa shape index (κ1) is 17.4. The van der Waals surface area contributed by atoms with Crippen molar-refractivity contribution in [2.24, 2.45) is 10.2 Å². The number of nitrogens with one attached hydrogen (secondary N) is 2. The second-order valence-corrected chi connectivity index (χ2v) is 5.14. The van der Waals surface area contributed by atoms with Gasteiger partial charge in [0.05, 0.1) is 11.6 Å². The van der Waals surface area contributed by atoms with Gasteiger partial charge in [0, 0.05) is 0 Å². The number of rotatable bonds is 5. The van der Waals surface area contributed by atoms with Gasteiger partial charge in [-0.1, -0.05) is 0 Å². The van der Waals surface area contributed by atoms with Gasteiger partial charge in [-0.2, -0.15) is 0 Å². The van der Waals surface area contributed by atoms with Crippen molar-refractivity contribution in [3.05, 3.63) is 43.5 Å². The third-order valence-corrected chi connectivity index (χ3v) is 3.27. The molecule has 0 bridgehead atoms. The van der Waals surface area contributed by atoms with Crippen LogP contribution in [-0.2, 0) is 4.79 Å². The predicted molar refractivity (Wildman–Crippen MR) is 85.1 cm³/mol. The molecule has 0 saturated heterocycles. The molecule has 1 aromatic carbocycles.